The van der Waals surface area contributed by atoms with Gasteiger partial charge in [-0.3, -0.25) is 4.79 Å². The second kappa shape index (κ2) is 7.12. The molecule has 2 aromatic carbocycles. The maximum absolute atomic E-state index is 12.1. The van der Waals surface area contributed by atoms with Crippen LogP contribution in [0, 0.1) is 27.7 Å². The van der Waals surface area contributed by atoms with Gasteiger partial charge in [0, 0.05) is 24.3 Å². The first-order valence-corrected chi connectivity index (χ1v) is 7.64. The van der Waals surface area contributed by atoms with E-state index in [4.69, 9.17) is 0 Å². The minimum atomic E-state index is 0.0367. The first-order chi connectivity index (χ1) is 10.5. The maximum Gasteiger partial charge on any atom is 0.226 e. The number of carbonyl (C=O) groups is 1. The van der Waals surface area contributed by atoms with Crippen molar-refractivity contribution >= 4 is 17.3 Å². The highest BCUT2D eigenvalue weighted by molar-refractivity contribution is 5.92. The average molecular weight is 296 g/mol. The number of hydrogen-bond donors (Lipinski definition) is 2. The molecule has 0 aliphatic rings. The monoisotopic (exact) mass is 296 g/mol. The van der Waals surface area contributed by atoms with E-state index in [2.05, 4.69) is 42.7 Å². The normalized spacial score (nSPS) is 10.4. The van der Waals surface area contributed by atoms with E-state index in [1.165, 1.54) is 11.1 Å². The summed E-state index contributed by atoms with van der Waals surface area (Å²) >= 11 is 0. The third-order valence-electron chi connectivity index (χ3n) is 3.79. The molecule has 3 nitrogen and oxygen atoms in total. The minimum absolute atomic E-state index is 0.0367. The Bertz CT molecular complexity index is 657. The van der Waals surface area contributed by atoms with Crippen LogP contribution in [0.3, 0.4) is 0 Å². The van der Waals surface area contributed by atoms with Gasteiger partial charge >= 0.3 is 0 Å². The van der Waals surface area contributed by atoms with Crippen LogP contribution in [0.25, 0.3) is 0 Å². The zero-order chi connectivity index (χ0) is 16.1. The summed E-state index contributed by atoms with van der Waals surface area (Å²) in [4.78, 5) is 12.1. The van der Waals surface area contributed by atoms with Gasteiger partial charge in [0.25, 0.3) is 0 Å². The molecule has 1 amide bonds. The predicted octanol–water partition coefficient (Wildman–Crippen LogP) is 4.36. The molecule has 2 aromatic rings. The summed E-state index contributed by atoms with van der Waals surface area (Å²) in [6.45, 7) is 8.80. The first-order valence-electron chi connectivity index (χ1n) is 7.64. The average Bonchev–Trinajstić information content (AvgIpc) is 2.45. The molecule has 2 N–H and O–H groups in total. The van der Waals surface area contributed by atoms with Gasteiger partial charge in [-0.15, -0.1) is 0 Å². The lowest BCUT2D eigenvalue weighted by Crippen LogP contribution is -2.17. The molecule has 0 saturated carbocycles. The molecule has 0 fully saturated rings. The van der Waals surface area contributed by atoms with E-state index in [-0.39, 0.29) is 5.91 Å². The van der Waals surface area contributed by atoms with Crippen LogP contribution in [0.5, 0.6) is 0 Å². The number of nitrogens with one attached hydrogen (secondary N) is 2. The van der Waals surface area contributed by atoms with E-state index in [0.29, 0.717) is 13.0 Å². The summed E-state index contributed by atoms with van der Waals surface area (Å²) in [5.41, 5.74) is 6.65. The Morgan fingerprint density at radius 1 is 0.955 bits per heavy atom. The molecule has 0 aliphatic carbocycles. The molecule has 0 heterocycles. The fraction of sp³-hybridized carbons (Fsp3) is 0.316. The van der Waals surface area contributed by atoms with Crippen LogP contribution >= 0.6 is 0 Å². The fourth-order valence-electron chi connectivity index (χ4n) is 2.54. The lowest BCUT2D eigenvalue weighted by Gasteiger charge is -2.13. The molecule has 3 heteroatoms. The van der Waals surface area contributed by atoms with Gasteiger partial charge in [0.05, 0.1) is 0 Å². The summed E-state index contributed by atoms with van der Waals surface area (Å²) in [6.07, 6.45) is 0.446. The molecular weight excluding hydrogens is 272 g/mol. The quantitative estimate of drug-likeness (QED) is 0.860. The van der Waals surface area contributed by atoms with Crippen LogP contribution in [0.15, 0.2) is 36.4 Å². The largest absolute Gasteiger partial charge is 0.384 e. The van der Waals surface area contributed by atoms with Gasteiger partial charge in [0.2, 0.25) is 5.91 Å². The number of para-hydroxylation sites is 1. The summed E-state index contributed by atoms with van der Waals surface area (Å²) in [6, 6.07) is 12.3. The summed E-state index contributed by atoms with van der Waals surface area (Å²) in [7, 11) is 0. The van der Waals surface area contributed by atoms with Crippen molar-refractivity contribution in [2.45, 2.75) is 34.1 Å². The summed E-state index contributed by atoms with van der Waals surface area (Å²) in [5.74, 6) is 0.0367. The lowest BCUT2D eigenvalue weighted by atomic mass is 10.1. The number of benzene rings is 2. The second-order valence-electron chi connectivity index (χ2n) is 5.81. The smallest absolute Gasteiger partial charge is 0.226 e. The van der Waals surface area contributed by atoms with Crippen molar-refractivity contribution in [1.82, 2.24) is 0 Å². The van der Waals surface area contributed by atoms with Gasteiger partial charge in [0.15, 0.2) is 0 Å². The van der Waals surface area contributed by atoms with E-state index < -0.39 is 0 Å². The van der Waals surface area contributed by atoms with Crippen LogP contribution in [-0.2, 0) is 4.79 Å². The van der Waals surface area contributed by atoms with E-state index in [0.717, 1.165) is 22.5 Å². The topological polar surface area (TPSA) is 41.1 Å². The number of rotatable bonds is 5. The fourth-order valence-corrected chi connectivity index (χ4v) is 2.54. The van der Waals surface area contributed by atoms with Crippen molar-refractivity contribution in [1.29, 1.82) is 0 Å². The Hall–Kier alpha value is -2.29. The van der Waals surface area contributed by atoms with Crippen LogP contribution < -0.4 is 10.6 Å². The summed E-state index contributed by atoms with van der Waals surface area (Å²) in [5, 5.41) is 6.33. The zero-order valence-electron chi connectivity index (χ0n) is 13.8. The van der Waals surface area contributed by atoms with Gasteiger partial charge in [0.1, 0.15) is 0 Å². The van der Waals surface area contributed by atoms with Crippen molar-refractivity contribution in [3.8, 4) is 0 Å². The van der Waals surface area contributed by atoms with E-state index in [1.807, 2.05) is 32.0 Å². The first kappa shape index (κ1) is 16.1. The van der Waals surface area contributed by atoms with Crippen LogP contribution in [0.1, 0.15) is 28.7 Å². The molecular formula is C19H24N2O. The van der Waals surface area contributed by atoms with Crippen LogP contribution in [0.4, 0.5) is 11.4 Å². The molecule has 0 bridgehead atoms. The van der Waals surface area contributed by atoms with Crippen molar-refractivity contribution in [2.75, 3.05) is 17.2 Å². The Kier molecular flexibility index (Phi) is 5.21. The number of anilines is 2. The third kappa shape index (κ3) is 4.10. The molecule has 0 spiro atoms. The van der Waals surface area contributed by atoms with Gasteiger partial charge < -0.3 is 10.6 Å². The van der Waals surface area contributed by atoms with E-state index >= 15 is 0 Å². The highest BCUT2D eigenvalue weighted by Crippen LogP contribution is 2.20. The van der Waals surface area contributed by atoms with Crippen molar-refractivity contribution in [2.24, 2.45) is 0 Å². The van der Waals surface area contributed by atoms with Gasteiger partial charge in [-0.1, -0.05) is 35.9 Å². The Balaban J connectivity index is 1.88. The predicted molar refractivity (Wildman–Crippen MR) is 93.6 cm³/mol. The lowest BCUT2D eigenvalue weighted by molar-refractivity contribution is -0.115. The van der Waals surface area contributed by atoms with Crippen molar-refractivity contribution < 1.29 is 4.79 Å². The number of hydrogen-bond acceptors (Lipinski definition) is 2. The molecule has 22 heavy (non-hydrogen) atoms. The van der Waals surface area contributed by atoms with Gasteiger partial charge in [-0.25, -0.2) is 0 Å². The standard InChI is InChI=1S/C19H24N2O/c1-13-8-9-17(16(4)12-13)20-11-10-18(22)21-19-14(2)6-5-7-15(19)3/h5-9,12,20H,10-11H2,1-4H3,(H,21,22). The van der Waals surface area contributed by atoms with Crippen LogP contribution in [0.2, 0.25) is 0 Å². The molecule has 0 aromatic heterocycles. The van der Waals surface area contributed by atoms with Gasteiger partial charge in [-0.2, -0.15) is 0 Å². The molecule has 0 radical (unpaired) electrons. The minimum Gasteiger partial charge on any atom is -0.384 e. The maximum atomic E-state index is 12.1. The number of carbonyl (C=O) groups excluding carboxylic acids is 1. The molecule has 2 rings (SSSR count). The number of amides is 1. The molecule has 0 unspecified atom stereocenters. The van der Waals surface area contributed by atoms with Crippen molar-refractivity contribution in [3.05, 3.63) is 58.7 Å². The van der Waals surface area contributed by atoms with Gasteiger partial charge in [-0.05, 0) is 50.5 Å². The highest BCUT2D eigenvalue weighted by atomic mass is 16.1. The van der Waals surface area contributed by atoms with E-state index in [1.54, 1.807) is 0 Å². The SMILES string of the molecule is Cc1ccc(NCCC(=O)Nc2c(C)cccc2C)c(C)c1. The molecule has 116 valence electrons. The highest BCUT2D eigenvalue weighted by Gasteiger charge is 2.07. The third-order valence-corrected chi connectivity index (χ3v) is 3.79. The summed E-state index contributed by atoms with van der Waals surface area (Å²) < 4.78 is 0. The molecule has 0 saturated heterocycles. The Labute approximate surface area is 132 Å². The van der Waals surface area contributed by atoms with Crippen LogP contribution in [-0.4, -0.2) is 12.5 Å². The Morgan fingerprint density at radius 3 is 2.27 bits per heavy atom. The van der Waals surface area contributed by atoms with E-state index in [9.17, 15) is 4.79 Å². The number of aryl methyl sites for hydroxylation is 4. The zero-order valence-corrected chi connectivity index (χ0v) is 13.8. The second-order valence-corrected chi connectivity index (χ2v) is 5.81. The van der Waals surface area contributed by atoms with Crippen molar-refractivity contribution in [3.63, 3.8) is 0 Å². The molecule has 0 aliphatic heterocycles. The Morgan fingerprint density at radius 2 is 1.64 bits per heavy atom. The molecule has 0 atom stereocenters.